The van der Waals surface area contributed by atoms with Gasteiger partial charge >= 0.3 is 29.8 Å². The molecule has 42 heteroatoms. The number of benzene rings is 1. The Morgan fingerprint density at radius 1 is 0.359 bits per heavy atom. The zero-order valence-corrected chi connectivity index (χ0v) is 67.6. The molecule has 42 nitrogen and oxygen atoms in total. The fourth-order valence-electron chi connectivity index (χ4n) is 11.7. The third-order valence-corrected chi connectivity index (χ3v) is 18.6. The van der Waals surface area contributed by atoms with Crippen molar-refractivity contribution < 1.29 is 112 Å². The molecule has 0 fully saturated rings. The van der Waals surface area contributed by atoms with Gasteiger partial charge in [0.2, 0.25) is 76.8 Å². The second-order valence-corrected chi connectivity index (χ2v) is 29.0. The summed E-state index contributed by atoms with van der Waals surface area (Å²) in [5.74, 6) is -22.2. The predicted octanol–water partition coefficient (Wildman–Crippen LogP) is -2.52. The van der Waals surface area contributed by atoms with Crippen LogP contribution in [0, 0.1) is 17.8 Å². The van der Waals surface area contributed by atoms with Gasteiger partial charge in [0.15, 0.2) is 11.9 Å². The Morgan fingerprint density at radius 2 is 0.744 bits per heavy atom. The van der Waals surface area contributed by atoms with Crippen LogP contribution in [0.25, 0.3) is 0 Å². The van der Waals surface area contributed by atoms with Crippen molar-refractivity contribution in [3.8, 4) is 0 Å². The quantitative estimate of drug-likeness (QED) is 0.0182. The molecule has 1 rings (SSSR count). The Bertz CT molecular complexity index is 3540. The van der Waals surface area contributed by atoms with Gasteiger partial charge in [0.05, 0.1) is 13.0 Å². The predicted molar refractivity (Wildman–Crippen MR) is 424 cm³/mol. The van der Waals surface area contributed by atoms with Crippen LogP contribution < -0.4 is 92.5 Å². The van der Waals surface area contributed by atoms with Crippen molar-refractivity contribution in [2.75, 3.05) is 19.6 Å². The van der Waals surface area contributed by atoms with Gasteiger partial charge in [0.1, 0.15) is 66.5 Å². The van der Waals surface area contributed by atoms with Crippen molar-refractivity contribution >= 4 is 119 Å². The van der Waals surface area contributed by atoms with Gasteiger partial charge in [-0.25, -0.2) is 4.79 Å². The molecule has 0 heterocycles. The summed E-state index contributed by atoms with van der Waals surface area (Å²) in [7, 11) is 0. The van der Waals surface area contributed by atoms with Crippen LogP contribution in [0.4, 0.5) is 0 Å². The summed E-state index contributed by atoms with van der Waals surface area (Å²) in [6.07, 6.45) is 1.29. The summed E-state index contributed by atoms with van der Waals surface area (Å²) in [6.45, 7) is 10.1. The number of aliphatic imine (C=N–C) groups is 2. The van der Waals surface area contributed by atoms with E-state index in [0.29, 0.717) is 24.8 Å². The van der Waals surface area contributed by atoms with E-state index >= 15 is 0 Å². The van der Waals surface area contributed by atoms with E-state index in [-0.39, 0.29) is 82.8 Å². The fourth-order valence-corrected chi connectivity index (χ4v) is 11.7. The van der Waals surface area contributed by atoms with Crippen LogP contribution in [-0.4, -0.2) is 230 Å². The number of amides is 13. The second kappa shape index (κ2) is 56.5. The molecule has 0 spiro atoms. The van der Waals surface area contributed by atoms with Crippen molar-refractivity contribution in [1.82, 2.24) is 63.8 Å². The van der Waals surface area contributed by atoms with Crippen molar-refractivity contribution in [3.63, 3.8) is 0 Å². The van der Waals surface area contributed by atoms with Crippen molar-refractivity contribution in [2.24, 2.45) is 56.4 Å². The molecule has 13 atom stereocenters. The molecule has 1 aromatic rings. The van der Waals surface area contributed by atoms with Crippen LogP contribution in [0.1, 0.15) is 208 Å². The Labute approximate surface area is 679 Å². The molecule has 0 aliphatic carbocycles. The van der Waals surface area contributed by atoms with E-state index < -0.39 is 242 Å². The van der Waals surface area contributed by atoms with E-state index in [0.717, 1.165) is 38.5 Å². The number of nitrogens with two attached hydrogens (primary N) is 5. The van der Waals surface area contributed by atoms with Gasteiger partial charge in [-0.15, -0.1) is 0 Å². The molecule has 1 aromatic carbocycles. The fraction of sp³-hybridized carbons (Fsp3) is 0.653. The minimum Gasteiger partial charge on any atom is -0.481 e. The first kappa shape index (κ1) is 103. The molecule has 13 amide bonds. The smallest absolute Gasteiger partial charge is 0.326 e. The highest BCUT2D eigenvalue weighted by Gasteiger charge is 2.38. The number of guanidine groups is 2. The molecule has 0 radical (unpaired) electrons. The lowest BCUT2D eigenvalue weighted by molar-refractivity contribution is -0.143. The Morgan fingerprint density at radius 3 is 1.16 bits per heavy atom. The number of carbonyl (C=O) groups excluding carboxylic acids is 13. The number of carboxylic acid groups (broad SMARTS) is 5. The Balaban J connectivity index is 3.60. The molecule has 0 unspecified atom stereocenters. The van der Waals surface area contributed by atoms with E-state index in [1.165, 1.54) is 13.8 Å². The van der Waals surface area contributed by atoms with E-state index in [1.807, 2.05) is 0 Å². The maximum Gasteiger partial charge on any atom is 0.326 e. The number of hydrogen-bond donors (Lipinski definition) is 22. The number of nitrogens with zero attached hydrogens (tertiary/aromatic N) is 2. The number of unbranched alkanes of at least 4 members (excludes halogenated alkanes) is 7. The van der Waals surface area contributed by atoms with Crippen LogP contribution in [0.2, 0.25) is 0 Å². The zero-order valence-electron chi connectivity index (χ0n) is 67.6. The molecule has 0 aliphatic rings. The number of carbonyl (C=O) groups is 18. The summed E-state index contributed by atoms with van der Waals surface area (Å²) in [5.41, 5.74) is 28.2. The van der Waals surface area contributed by atoms with Crippen molar-refractivity contribution in [1.29, 1.82) is 0 Å². The number of nitrogens with one attached hydrogen (secondary N) is 12. The summed E-state index contributed by atoms with van der Waals surface area (Å²) in [4.78, 5) is 247. The normalized spacial score (nSPS) is 14.3. The molecule has 27 N–H and O–H groups in total. The maximum atomic E-state index is 14.7. The van der Waals surface area contributed by atoms with E-state index in [9.17, 15) is 107 Å². The number of carboxylic acids is 5. The van der Waals surface area contributed by atoms with Crippen LogP contribution >= 0.6 is 0 Å². The van der Waals surface area contributed by atoms with E-state index in [2.05, 4.69) is 73.8 Å². The molecule has 656 valence electrons. The lowest BCUT2D eigenvalue weighted by Crippen LogP contribution is -2.60. The number of aliphatic carboxylic acids is 5. The molecule has 0 bridgehead atoms. The van der Waals surface area contributed by atoms with Gasteiger partial charge in [0, 0.05) is 51.6 Å². The molecule has 0 aromatic heterocycles. The lowest BCUT2D eigenvalue weighted by atomic mass is 9.97. The first-order valence-corrected chi connectivity index (χ1v) is 39.2. The maximum absolute atomic E-state index is 14.7. The van der Waals surface area contributed by atoms with Crippen molar-refractivity contribution in [3.05, 3.63) is 35.9 Å². The SMILES string of the molecule is CC[C@H](C)[C@H](NC(=O)CCCCCCCCCCC(=O)O)C(=O)N[C@@H](C)C(=O)N[C@@H](CCC(N)=O)C(=O)N[C@@H](CCC(=O)O)C(=O)N[C@@H](CC(C)C)C(=O)N[C@@H](CCCN=C(N)N)C(=O)N[C@@H](CCCN=C(N)N)C(=O)N[C@H](C(=O)NCC(=O)N[C@@H](CC(=O)O)C(=O)N[C@@H](CCC(=O)O)C(=O)N[C@@H](Cc1ccccc1)C(=O)O)[C@@H](C)CC. The minimum absolute atomic E-state index is 0.0183. The highest BCUT2D eigenvalue weighted by Crippen LogP contribution is 2.17. The molecule has 0 saturated heterocycles. The first-order chi connectivity index (χ1) is 55.1. The standard InChI is InChI=1S/C75H123N19O23/c1-8-42(5)61(71(114)83-40-56(97)85-52(39-60(104)105)70(113)90-50(31-34-59(102)103)67(110)92-53(73(116)117)38-45-23-17-16-18-24-45)94-68(111)47(26-22-36-82-75(79)80)87-64(107)46(25-21-35-81-74(77)78)88-69(112)51(37-41(3)4)91-66(109)49(30-33-58(100)101)89-65(108)48(29-32-54(76)95)86-63(106)44(7)84-72(115)62(43(6)9-2)93-55(96)27-19-14-12-10-11-13-15-20-28-57(98)99/h16-18,23-24,41-44,46-53,61-62H,8-15,19-22,25-40H2,1-7H3,(H2,76,95)(H,83,114)(H,84,115)(H,85,97)(H,86,106)(H,87,107)(H,88,112)(H,89,108)(H,90,113)(H,91,109)(H,92,110)(H,93,96)(H,94,111)(H,98,99)(H,100,101)(H,102,103)(H,104,105)(H,116,117)(H4,77,78,81)(H4,79,80,82)/t42-,43-,44-,46-,47-,48-,49-,50-,51-,52-,53-,61-,62-/m0/s1. The summed E-state index contributed by atoms with van der Waals surface area (Å²) in [6, 6.07) is -9.53. The van der Waals surface area contributed by atoms with Gasteiger partial charge < -0.3 is 118 Å². The lowest BCUT2D eigenvalue weighted by Gasteiger charge is -2.29. The van der Waals surface area contributed by atoms with Gasteiger partial charge in [-0.2, -0.15) is 0 Å². The van der Waals surface area contributed by atoms with Gasteiger partial charge in [-0.05, 0) is 94.4 Å². The minimum atomic E-state index is -1.99. The van der Waals surface area contributed by atoms with Gasteiger partial charge in [-0.3, -0.25) is 91.5 Å². The second-order valence-electron chi connectivity index (χ2n) is 29.0. The Kier molecular flexibility index (Phi) is 49.8. The zero-order chi connectivity index (χ0) is 88.4. The van der Waals surface area contributed by atoms with Crippen LogP contribution in [0.5, 0.6) is 0 Å². The van der Waals surface area contributed by atoms with Gasteiger partial charge in [0.25, 0.3) is 0 Å². The molecular formula is C75H123N19O23. The summed E-state index contributed by atoms with van der Waals surface area (Å²) < 4.78 is 0. The largest absolute Gasteiger partial charge is 0.481 e. The van der Waals surface area contributed by atoms with E-state index in [1.54, 1.807) is 65.0 Å². The average Bonchev–Trinajstić information content (AvgIpc) is 0.851. The molecular weight excluding hydrogens is 1530 g/mol. The third-order valence-electron chi connectivity index (χ3n) is 18.6. The summed E-state index contributed by atoms with van der Waals surface area (Å²) >= 11 is 0. The molecule has 117 heavy (non-hydrogen) atoms. The van der Waals surface area contributed by atoms with Crippen molar-refractivity contribution in [2.45, 2.75) is 275 Å². The monoisotopic (exact) mass is 1660 g/mol. The van der Waals surface area contributed by atoms with Crippen LogP contribution in [-0.2, 0) is 92.7 Å². The first-order valence-electron chi connectivity index (χ1n) is 39.2. The Hall–Kier alpha value is -11.8. The van der Waals surface area contributed by atoms with E-state index in [4.69, 9.17) is 33.8 Å². The van der Waals surface area contributed by atoms with Gasteiger partial charge in [-0.1, -0.05) is 123 Å². The number of primary amides is 1. The van der Waals surface area contributed by atoms with Crippen LogP contribution in [0.3, 0.4) is 0 Å². The van der Waals surface area contributed by atoms with Crippen LogP contribution in [0.15, 0.2) is 40.3 Å². The molecule has 0 aliphatic heterocycles. The third kappa shape index (κ3) is 45.2. The number of rotatable bonds is 62. The average molecular weight is 1660 g/mol. The molecule has 0 saturated carbocycles. The highest BCUT2D eigenvalue weighted by atomic mass is 16.4. The highest BCUT2D eigenvalue weighted by molar-refractivity contribution is 6.00. The number of hydrogen-bond acceptors (Lipinski definition) is 20. The summed E-state index contributed by atoms with van der Waals surface area (Å²) in [5, 5.41) is 77.0. The topological polar surface area (TPSA) is 708 Å².